The van der Waals surface area contributed by atoms with Gasteiger partial charge in [0.15, 0.2) is 0 Å². The van der Waals surface area contributed by atoms with Crippen molar-refractivity contribution in [3.8, 4) is 0 Å². The van der Waals surface area contributed by atoms with Crippen LogP contribution in [0.5, 0.6) is 0 Å². The van der Waals surface area contributed by atoms with E-state index in [9.17, 15) is 4.79 Å². The molecule has 0 aromatic carbocycles. The SMILES string of the molecule is Cc1ccc(N2C[C@]3(CNCCOC3)OCC2=O)s1. The lowest BCUT2D eigenvalue weighted by atomic mass is 10.0. The van der Waals surface area contributed by atoms with Crippen LogP contribution < -0.4 is 10.2 Å². The summed E-state index contributed by atoms with van der Waals surface area (Å²) in [6, 6.07) is 4.04. The Bertz CT molecular complexity index is 466. The third-order valence-electron chi connectivity index (χ3n) is 3.48. The highest BCUT2D eigenvalue weighted by atomic mass is 32.1. The first-order valence-corrected chi connectivity index (χ1v) is 7.29. The van der Waals surface area contributed by atoms with E-state index in [4.69, 9.17) is 9.47 Å². The zero-order valence-electron chi connectivity index (χ0n) is 11.0. The molecular formula is C13H18N2O3S. The van der Waals surface area contributed by atoms with E-state index in [0.29, 0.717) is 19.8 Å². The zero-order valence-corrected chi connectivity index (χ0v) is 11.8. The van der Waals surface area contributed by atoms with Crippen molar-refractivity contribution >= 4 is 22.2 Å². The van der Waals surface area contributed by atoms with Gasteiger partial charge in [0, 0.05) is 18.0 Å². The second-order valence-corrected chi connectivity index (χ2v) is 6.33. The van der Waals surface area contributed by atoms with Crippen LogP contribution in [0.2, 0.25) is 0 Å². The monoisotopic (exact) mass is 282 g/mol. The number of carbonyl (C=O) groups is 1. The Morgan fingerprint density at radius 3 is 3.16 bits per heavy atom. The van der Waals surface area contributed by atoms with Gasteiger partial charge >= 0.3 is 0 Å². The summed E-state index contributed by atoms with van der Waals surface area (Å²) in [6.07, 6.45) is 0. The van der Waals surface area contributed by atoms with Crippen LogP contribution in [-0.4, -0.2) is 51.0 Å². The molecule has 0 bridgehead atoms. The first-order chi connectivity index (χ1) is 9.19. The second kappa shape index (κ2) is 5.20. The lowest BCUT2D eigenvalue weighted by Gasteiger charge is -2.40. The molecule has 6 heteroatoms. The molecular weight excluding hydrogens is 264 g/mol. The van der Waals surface area contributed by atoms with Gasteiger partial charge in [-0.1, -0.05) is 0 Å². The van der Waals surface area contributed by atoms with E-state index < -0.39 is 5.60 Å². The minimum atomic E-state index is -0.414. The van der Waals surface area contributed by atoms with Gasteiger partial charge in [-0.15, -0.1) is 11.3 Å². The van der Waals surface area contributed by atoms with Crippen LogP contribution >= 0.6 is 11.3 Å². The van der Waals surface area contributed by atoms with Crippen LogP contribution in [0.15, 0.2) is 12.1 Å². The molecule has 2 saturated heterocycles. The van der Waals surface area contributed by atoms with Crippen molar-refractivity contribution in [1.29, 1.82) is 0 Å². The number of nitrogens with one attached hydrogen (secondary N) is 1. The Morgan fingerprint density at radius 2 is 2.37 bits per heavy atom. The molecule has 2 fully saturated rings. The summed E-state index contributed by atoms with van der Waals surface area (Å²) in [4.78, 5) is 15.1. The van der Waals surface area contributed by atoms with Crippen molar-refractivity contribution in [2.24, 2.45) is 0 Å². The van der Waals surface area contributed by atoms with Crippen molar-refractivity contribution in [2.45, 2.75) is 12.5 Å². The summed E-state index contributed by atoms with van der Waals surface area (Å²) in [5.74, 6) is 0.0247. The van der Waals surface area contributed by atoms with Gasteiger partial charge in [0.25, 0.3) is 5.91 Å². The molecule has 19 heavy (non-hydrogen) atoms. The van der Waals surface area contributed by atoms with Gasteiger partial charge in [-0.05, 0) is 19.1 Å². The molecule has 1 N–H and O–H groups in total. The summed E-state index contributed by atoms with van der Waals surface area (Å²) < 4.78 is 11.4. The molecule has 2 aliphatic rings. The Labute approximate surface area is 116 Å². The molecule has 0 radical (unpaired) electrons. The van der Waals surface area contributed by atoms with Gasteiger partial charge in [-0.25, -0.2) is 0 Å². The predicted molar refractivity (Wildman–Crippen MR) is 73.8 cm³/mol. The molecule has 1 aromatic rings. The molecule has 5 nitrogen and oxygen atoms in total. The van der Waals surface area contributed by atoms with Crippen LogP contribution in [-0.2, 0) is 14.3 Å². The number of amides is 1. The van der Waals surface area contributed by atoms with Crippen molar-refractivity contribution < 1.29 is 14.3 Å². The van der Waals surface area contributed by atoms with Crippen molar-refractivity contribution in [3.05, 3.63) is 17.0 Å². The predicted octanol–water partition coefficient (Wildman–Crippen LogP) is 0.778. The molecule has 0 saturated carbocycles. The third kappa shape index (κ3) is 2.67. The molecule has 104 valence electrons. The first kappa shape index (κ1) is 13.1. The fourth-order valence-corrected chi connectivity index (χ4v) is 3.32. The lowest BCUT2D eigenvalue weighted by Crippen LogP contribution is -2.60. The largest absolute Gasteiger partial charge is 0.377 e. The number of nitrogens with zero attached hydrogens (tertiary/aromatic N) is 1. The molecule has 0 aliphatic carbocycles. The highest BCUT2D eigenvalue weighted by Crippen LogP contribution is 2.30. The van der Waals surface area contributed by atoms with Crippen LogP contribution in [0.3, 0.4) is 0 Å². The topological polar surface area (TPSA) is 50.8 Å². The normalized spacial score (nSPS) is 28.7. The van der Waals surface area contributed by atoms with E-state index in [1.165, 1.54) is 4.88 Å². The maximum absolute atomic E-state index is 12.1. The van der Waals surface area contributed by atoms with Crippen molar-refractivity contribution in [1.82, 2.24) is 5.32 Å². The first-order valence-electron chi connectivity index (χ1n) is 6.48. The maximum Gasteiger partial charge on any atom is 0.253 e. The second-order valence-electron chi connectivity index (χ2n) is 5.07. The number of aryl methyl sites for hydroxylation is 1. The maximum atomic E-state index is 12.1. The smallest absolute Gasteiger partial charge is 0.253 e. The number of morpholine rings is 1. The number of ether oxygens (including phenoxy) is 2. The molecule has 1 amide bonds. The molecule has 1 spiro atoms. The van der Waals surface area contributed by atoms with Crippen molar-refractivity contribution in [3.63, 3.8) is 0 Å². The number of anilines is 1. The number of hydrogen-bond acceptors (Lipinski definition) is 5. The Kier molecular flexibility index (Phi) is 3.58. The summed E-state index contributed by atoms with van der Waals surface area (Å²) >= 11 is 1.64. The average Bonchev–Trinajstić information content (AvgIpc) is 2.71. The van der Waals surface area contributed by atoms with Gasteiger partial charge in [0.1, 0.15) is 12.2 Å². The third-order valence-corrected chi connectivity index (χ3v) is 4.50. The summed E-state index contributed by atoms with van der Waals surface area (Å²) in [5, 5.41) is 4.31. The fraction of sp³-hybridized carbons (Fsp3) is 0.615. The standard InChI is InChI=1S/C13H18N2O3S/c1-10-2-3-12(19-10)15-8-13(18-6-11(15)16)7-14-4-5-17-9-13/h2-3,14H,4-9H2,1H3/t13-/m0/s1. The van der Waals surface area contributed by atoms with Gasteiger partial charge in [0.05, 0.1) is 24.8 Å². The number of rotatable bonds is 1. The molecule has 2 aliphatic heterocycles. The van der Waals surface area contributed by atoms with E-state index in [0.717, 1.165) is 18.1 Å². The summed E-state index contributed by atoms with van der Waals surface area (Å²) in [7, 11) is 0. The minimum Gasteiger partial charge on any atom is -0.377 e. The van der Waals surface area contributed by atoms with Gasteiger partial charge < -0.3 is 14.8 Å². The molecule has 3 rings (SSSR count). The van der Waals surface area contributed by atoms with Crippen LogP contribution in [0.4, 0.5) is 5.00 Å². The minimum absolute atomic E-state index is 0.0247. The van der Waals surface area contributed by atoms with E-state index in [1.54, 1.807) is 11.3 Å². The van der Waals surface area contributed by atoms with E-state index in [-0.39, 0.29) is 12.5 Å². The molecule has 3 heterocycles. The quantitative estimate of drug-likeness (QED) is 0.827. The highest BCUT2D eigenvalue weighted by Gasteiger charge is 2.41. The number of hydrogen-bond donors (Lipinski definition) is 1. The Hall–Kier alpha value is -0.950. The van der Waals surface area contributed by atoms with Crippen LogP contribution in [0, 0.1) is 6.92 Å². The Balaban J connectivity index is 1.81. The van der Waals surface area contributed by atoms with Gasteiger partial charge in [-0.2, -0.15) is 0 Å². The molecule has 1 aromatic heterocycles. The van der Waals surface area contributed by atoms with E-state index in [2.05, 4.69) is 5.32 Å². The summed E-state index contributed by atoms with van der Waals surface area (Å²) in [6.45, 7) is 5.51. The molecule has 0 unspecified atom stereocenters. The average molecular weight is 282 g/mol. The van der Waals surface area contributed by atoms with Crippen LogP contribution in [0.1, 0.15) is 4.88 Å². The number of carbonyl (C=O) groups excluding carboxylic acids is 1. The van der Waals surface area contributed by atoms with Gasteiger partial charge in [0.2, 0.25) is 0 Å². The fourth-order valence-electron chi connectivity index (χ4n) is 2.45. The van der Waals surface area contributed by atoms with Gasteiger partial charge in [-0.3, -0.25) is 9.69 Å². The van der Waals surface area contributed by atoms with Crippen molar-refractivity contribution in [2.75, 3.05) is 44.4 Å². The highest BCUT2D eigenvalue weighted by molar-refractivity contribution is 7.16. The zero-order chi connectivity index (χ0) is 13.3. The van der Waals surface area contributed by atoms with E-state index >= 15 is 0 Å². The van der Waals surface area contributed by atoms with Crippen LogP contribution in [0.25, 0.3) is 0 Å². The van der Waals surface area contributed by atoms with E-state index in [1.807, 2.05) is 24.0 Å². The Morgan fingerprint density at radius 1 is 1.47 bits per heavy atom. The lowest BCUT2D eigenvalue weighted by molar-refractivity contribution is -0.144. The molecule has 1 atom stereocenters. The number of thiophene rings is 1. The summed E-state index contributed by atoms with van der Waals surface area (Å²) in [5.41, 5.74) is -0.414.